The molecular formula is C22H25N5O. The molecule has 2 aromatic heterocycles. The molecule has 144 valence electrons. The van der Waals surface area contributed by atoms with Crippen molar-refractivity contribution in [3.8, 4) is 5.69 Å². The van der Waals surface area contributed by atoms with Crippen molar-refractivity contribution in [2.24, 2.45) is 5.10 Å². The quantitative estimate of drug-likeness (QED) is 0.542. The molecule has 0 radical (unpaired) electrons. The van der Waals surface area contributed by atoms with Gasteiger partial charge >= 0.3 is 0 Å². The lowest BCUT2D eigenvalue weighted by Gasteiger charge is -2.07. The second-order valence-electron chi connectivity index (χ2n) is 7.38. The van der Waals surface area contributed by atoms with Crippen LogP contribution in [-0.2, 0) is 0 Å². The van der Waals surface area contributed by atoms with E-state index in [2.05, 4.69) is 20.6 Å². The summed E-state index contributed by atoms with van der Waals surface area (Å²) in [5.41, 5.74) is 7.60. The molecule has 1 N–H and O–H groups in total. The Morgan fingerprint density at radius 1 is 1.07 bits per heavy atom. The van der Waals surface area contributed by atoms with Crippen LogP contribution in [0.1, 0.15) is 60.3 Å². The normalized spacial score (nSPS) is 14.7. The number of rotatable bonds is 3. The van der Waals surface area contributed by atoms with E-state index in [0.717, 1.165) is 53.9 Å². The molecule has 1 saturated carbocycles. The number of amides is 1. The second kappa shape index (κ2) is 7.92. The molecule has 0 saturated heterocycles. The van der Waals surface area contributed by atoms with Crippen molar-refractivity contribution in [2.75, 3.05) is 0 Å². The van der Waals surface area contributed by atoms with Crippen molar-refractivity contribution in [1.29, 1.82) is 0 Å². The Bertz CT molecular complexity index is 1030. The first kappa shape index (κ1) is 18.3. The highest BCUT2D eigenvalue weighted by molar-refractivity contribution is 6.07. The van der Waals surface area contributed by atoms with Gasteiger partial charge in [0.05, 0.1) is 22.3 Å². The van der Waals surface area contributed by atoms with Crippen molar-refractivity contribution >= 4 is 22.7 Å². The van der Waals surface area contributed by atoms with Crippen molar-refractivity contribution in [3.05, 3.63) is 53.3 Å². The van der Waals surface area contributed by atoms with Crippen LogP contribution < -0.4 is 5.43 Å². The highest BCUT2D eigenvalue weighted by Crippen LogP contribution is 2.25. The predicted molar refractivity (Wildman–Crippen MR) is 111 cm³/mol. The molecule has 0 spiro atoms. The van der Waals surface area contributed by atoms with E-state index in [4.69, 9.17) is 0 Å². The Kier molecular flexibility index (Phi) is 5.19. The fourth-order valence-electron chi connectivity index (χ4n) is 3.78. The number of para-hydroxylation sites is 1. The average Bonchev–Trinajstić information content (AvgIpc) is 2.87. The topological polar surface area (TPSA) is 72.2 Å². The van der Waals surface area contributed by atoms with Crippen molar-refractivity contribution in [1.82, 2.24) is 20.2 Å². The maximum absolute atomic E-state index is 13.0. The smallest absolute Gasteiger partial charge is 0.267 e. The SMILES string of the molecule is Cc1cc(C(=O)NN=C2CCCCCC2)c2c(C)nn(-c3ccccc3)c2n1. The fourth-order valence-corrected chi connectivity index (χ4v) is 3.78. The van der Waals surface area contributed by atoms with Crippen LogP contribution in [0.15, 0.2) is 41.5 Å². The van der Waals surface area contributed by atoms with Gasteiger partial charge in [-0.15, -0.1) is 0 Å². The number of aryl methyl sites for hydroxylation is 2. The average molecular weight is 375 g/mol. The summed E-state index contributed by atoms with van der Waals surface area (Å²) in [5.74, 6) is -0.206. The number of aromatic nitrogens is 3. The molecular weight excluding hydrogens is 350 g/mol. The molecule has 0 atom stereocenters. The summed E-state index contributed by atoms with van der Waals surface area (Å²) in [4.78, 5) is 17.6. The van der Waals surface area contributed by atoms with Gasteiger partial charge < -0.3 is 0 Å². The van der Waals surface area contributed by atoms with E-state index in [1.54, 1.807) is 4.68 Å². The second-order valence-corrected chi connectivity index (χ2v) is 7.38. The molecule has 1 aromatic carbocycles. The van der Waals surface area contributed by atoms with Crippen LogP contribution >= 0.6 is 0 Å². The van der Waals surface area contributed by atoms with Crippen molar-refractivity contribution in [2.45, 2.75) is 52.4 Å². The fraction of sp³-hybridized carbons (Fsp3) is 0.364. The Balaban J connectivity index is 1.72. The van der Waals surface area contributed by atoms with Crippen LogP contribution in [0.25, 0.3) is 16.7 Å². The molecule has 0 bridgehead atoms. The first-order valence-corrected chi connectivity index (χ1v) is 9.91. The summed E-state index contributed by atoms with van der Waals surface area (Å²) in [6.07, 6.45) is 6.72. The Morgan fingerprint density at radius 3 is 2.50 bits per heavy atom. The van der Waals surface area contributed by atoms with Crippen LogP contribution in [0.3, 0.4) is 0 Å². The van der Waals surface area contributed by atoms with Crippen LogP contribution in [0, 0.1) is 13.8 Å². The molecule has 2 heterocycles. The summed E-state index contributed by atoms with van der Waals surface area (Å²) in [6.45, 7) is 3.80. The summed E-state index contributed by atoms with van der Waals surface area (Å²) in [6, 6.07) is 11.7. The van der Waals surface area contributed by atoms with Crippen LogP contribution in [0.2, 0.25) is 0 Å². The molecule has 1 aliphatic carbocycles. The van der Waals surface area contributed by atoms with Gasteiger partial charge in [0.25, 0.3) is 5.91 Å². The number of carbonyl (C=O) groups is 1. The van der Waals surface area contributed by atoms with Gasteiger partial charge in [-0.25, -0.2) is 15.1 Å². The van der Waals surface area contributed by atoms with Gasteiger partial charge in [-0.05, 0) is 57.7 Å². The minimum Gasteiger partial charge on any atom is -0.267 e. The standard InChI is InChI=1S/C22H25N5O/c1-15-14-19(22(28)25-24-17-10-6-3-4-7-11-17)20-16(2)26-27(21(20)23-15)18-12-8-5-9-13-18/h5,8-9,12-14H,3-4,6-7,10-11H2,1-2H3,(H,25,28). The first-order chi connectivity index (χ1) is 13.6. The lowest BCUT2D eigenvalue weighted by atomic mass is 10.1. The van der Waals surface area contributed by atoms with Crippen molar-refractivity contribution in [3.63, 3.8) is 0 Å². The van der Waals surface area contributed by atoms with Gasteiger partial charge in [0, 0.05) is 11.4 Å². The molecule has 1 aliphatic rings. The van der Waals surface area contributed by atoms with E-state index in [9.17, 15) is 4.79 Å². The van der Waals surface area contributed by atoms with Gasteiger partial charge in [-0.1, -0.05) is 31.0 Å². The minimum absolute atomic E-state index is 0.206. The molecule has 6 nitrogen and oxygen atoms in total. The Hall–Kier alpha value is -3.02. The van der Waals surface area contributed by atoms with E-state index in [0.29, 0.717) is 11.2 Å². The Morgan fingerprint density at radius 2 is 1.79 bits per heavy atom. The predicted octanol–water partition coefficient (Wildman–Crippen LogP) is 4.48. The monoisotopic (exact) mass is 375 g/mol. The molecule has 1 fully saturated rings. The number of hydrazone groups is 1. The van der Waals surface area contributed by atoms with E-state index in [1.165, 1.54) is 12.8 Å². The summed E-state index contributed by atoms with van der Waals surface area (Å²) >= 11 is 0. The van der Waals surface area contributed by atoms with Gasteiger partial charge in [0.2, 0.25) is 0 Å². The zero-order valence-electron chi connectivity index (χ0n) is 16.4. The molecule has 0 unspecified atom stereocenters. The van der Waals surface area contributed by atoms with Gasteiger partial charge in [0.15, 0.2) is 5.65 Å². The van der Waals surface area contributed by atoms with Gasteiger partial charge in [-0.3, -0.25) is 4.79 Å². The van der Waals surface area contributed by atoms with E-state index >= 15 is 0 Å². The largest absolute Gasteiger partial charge is 0.272 e. The highest BCUT2D eigenvalue weighted by atomic mass is 16.2. The third-order valence-electron chi connectivity index (χ3n) is 5.18. The molecule has 0 aliphatic heterocycles. The lowest BCUT2D eigenvalue weighted by Crippen LogP contribution is -2.20. The number of fused-ring (bicyclic) bond motifs is 1. The molecule has 3 aromatic rings. The number of pyridine rings is 1. The van der Waals surface area contributed by atoms with Crippen LogP contribution in [-0.4, -0.2) is 26.4 Å². The number of nitrogens with one attached hydrogen (secondary N) is 1. The highest BCUT2D eigenvalue weighted by Gasteiger charge is 2.19. The number of hydrogen-bond donors (Lipinski definition) is 1. The molecule has 4 rings (SSSR count). The Labute approximate surface area is 164 Å². The van der Waals surface area contributed by atoms with Gasteiger partial charge in [-0.2, -0.15) is 10.2 Å². The number of carbonyl (C=O) groups excluding carboxylic acids is 1. The lowest BCUT2D eigenvalue weighted by molar-refractivity contribution is 0.0956. The molecule has 28 heavy (non-hydrogen) atoms. The summed E-state index contributed by atoms with van der Waals surface area (Å²) in [7, 11) is 0. The number of hydrogen-bond acceptors (Lipinski definition) is 4. The first-order valence-electron chi connectivity index (χ1n) is 9.91. The number of benzene rings is 1. The van der Waals surface area contributed by atoms with Gasteiger partial charge in [0.1, 0.15) is 0 Å². The summed E-state index contributed by atoms with van der Waals surface area (Å²) < 4.78 is 1.80. The maximum atomic E-state index is 13.0. The van der Waals surface area contributed by atoms with Crippen molar-refractivity contribution < 1.29 is 4.79 Å². The number of nitrogens with zero attached hydrogens (tertiary/aromatic N) is 4. The summed E-state index contributed by atoms with van der Waals surface area (Å²) in [5, 5.41) is 9.84. The zero-order valence-corrected chi connectivity index (χ0v) is 16.4. The van der Waals surface area contributed by atoms with E-state index < -0.39 is 0 Å². The third-order valence-corrected chi connectivity index (χ3v) is 5.18. The molecule has 1 amide bonds. The third kappa shape index (κ3) is 3.67. The van der Waals surface area contributed by atoms with E-state index in [-0.39, 0.29) is 5.91 Å². The van der Waals surface area contributed by atoms with E-state index in [1.807, 2.05) is 50.2 Å². The van der Waals surface area contributed by atoms with Crippen LogP contribution in [0.5, 0.6) is 0 Å². The maximum Gasteiger partial charge on any atom is 0.272 e. The zero-order chi connectivity index (χ0) is 19.5. The molecule has 6 heteroatoms. The van der Waals surface area contributed by atoms with Crippen LogP contribution in [0.4, 0.5) is 0 Å². The minimum atomic E-state index is -0.206.